The first-order valence-corrected chi connectivity index (χ1v) is 11.0. The number of amides is 1. The predicted molar refractivity (Wildman–Crippen MR) is 104 cm³/mol. The standard InChI is InChI=1S/C18H17FN4O3S2/c19-15-10-23(28(25,26)13-2-1-6-20-9-13)7-5-14(15)18(24)22-12-3-4-17-16(8-12)21-11-27-17/h1-4,6,8-9,11,14-15H,5,7,10H2,(H,22,24). The second kappa shape index (κ2) is 7.53. The van der Waals surface area contributed by atoms with Gasteiger partial charge < -0.3 is 5.32 Å². The van der Waals surface area contributed by atoms with Gasteiger partial charge in [-0.1, -0.05) is 0 Å². The van der Waals surface area contributed by atoms with Gasteiger partial charge in [0.2, 0.25) is 15.9 Å². The fourth-order valence-corrected chi connectivity index (χ4v) is 5.30. The molecular weight excluding hydrogens is 403 g/mol. The van der Waals surface area contributed by atoms with Crippen LogP contribution >= 0.6 is 11.3 Å². The summed E-state index contributed by atoms with van der Waals surface area (Å²) in [6.45, 7) is -0.290. The number of pyridine rings is 1. The summed E-state index contributed by atoms with van der Waals surface area (Å²) in [7, 11) is -3.83. The van der Waals surface area contributed by atoms with Crippen molar-refractivity contribution in [3.05, 3.63) is 48.2 Å². The smallest absolute Gasteiger partial charge is 0.244 e. The van der Waals surface area contributed by atoms with E-state index >= 15 is 0 Å². The molecule has 0 spiro atoms. The Morgan fingerprint density at radius 2 is 2.18 bits per heavy atom. The van der Waals surface area contributed by atoms with E-state index in [4.69, 9.17) is 0 Å². The number of anilines is 1. The van der Waals surface area contributed by atoms with Crippen LogP contribution < -0.4 is 5.32 Å². The van der Waals surface area contributed by atoms with Gasteiger partial charge in [-0.05, 0) is 36.8 Å². The monoisotopic (exact) mass is 420 g/mol. The van der Waals surface area contributed by atoms with E-state index in [1.165, 1.54) is 35.9 Å². The number of halogens is 1. The second-order valence-corrected chi connectivity index (χ2v) is 9.31. The molecule has 0 radical (unpaired) electrons. The molecule has 0 bridgehead atoms. The van der Waals surface area contributed by atoms with E-state index in [1.54, 1.807) is 17.6 Å². The van der Waals surface area contributed by atoms with Gasteiger partial charge in [-0.3, -0.25) is 9.78 Å². The van der Waals surface area contributed by atoms with Gasteiger partial charge in [0.15, 0.2) is 0 Å². The minimum absolute atomic E-state index is 0.0154. The molecule has 3 aromatic rings. The molecule has 10 heteroatoms. The maximum atomic E-state index is 14.7. The van der Waals surface area contributed by atoms with Gasteiger partial charge in [0.05, 0.1) is 21.6 Å². The zero-order valence-corrected chi connectivity index (χ0v) is 16.3. The molecule has 1 saturated heterocycles. The molecule has 1 fully saturated rings. The lowest BCUT2D eigenvalue weighted by atomic mass is 9.95. The highest BCUT2D eigenvalue weighted by Gasteiger charge is 2.39. The molecule has 1 aromatic carbocycles. The Balaban J connectivity index is 1.44. The van der Waals surface area contributed by atoms with Crippen molar-refractivity contribution in [2.45, 2.75) is 17.5 Å². The van der Waals surface area contributed by atoms with Crippen LogP contribution in [-0.4, -0.2) is 47.9 Å². The van der Waals surface area contributed by atoms with E-state index in [9.17, 15) is 17.6 Å². The summed E-state index contributed by atoms with van der Waals surface area (Å²) in [5.74, 6) is -1.37. The van der Waals surface area contributed by atoms with Crippen LogP contribution in [-0.2, 0) is 14.8 Å². The molecule has 28 heavy (non-hydrogen) atoms. The number of fused-ring (bicyclic) bond motifs is 1. The van der Waals surface area contributed by atoms with Crippen LogP contribution in [0, 0.1) is 5.92 Å². The van der Waals surface area contributed by atoms with Crippen molar-refractivity contribution >= 4 is 43.2 Å². The largest absolute Gasteiger partial charge is 0.326 e. The predicted octanol–water partition coefficient (Wildman–Crippen LogP) is 2.68. The summed E-state index contributed by atoms with van der Waals surface area (Å²) in [6, 6.07) is 8.26. The van der Waals surface area contributed by atoms with Crippen LogP contribution in [0.2, 0.25) is 0 Å². The van der Waals surface area contributed by atoms with Crippen molar-refractivity contribution < 1.29 is 17.6 Å². The van der Waals surface area contributed by atoms with Crippen molar-refractivity contribution in [2.24, 2.45) is 5.92 Å². The second-order valence-electron chi connectivity index (χ2n) is 6.49. The van der Waals surface area contributed by atoms with Gasteiger partial charge in [-0.25, -0.2) is 17.8 Å². The van der Waals surface area contributed by atoms with E-state index in [0.717, 1.165) is 14.5 Å². The van der Waals surface area contributed by atoms with Gasteiger partial charge in [-0.15, -0.1) is 11.3 Å². The van der Waals surface area contributed by atoms with E-state index < -0.39 is 28.0 Å². The number of rotatable bonds is 4. The van der Waals surface area contributed by atoms with Crippen molar-refractivity contribution in [3.8, 4) is 0 Å². The zero-order chi connectivity index (χ0) is 19.7. The third kappa shape index (κ3) is 3.62. The molecule has 1 amide bonds. The number of piperidine rings is 1. The minimum atomic E-state index is -3.83. The summed E-state index contributed by atoms with van der Waals surface area (Å²) in [6.07, 6.45) is 1.21. The number of aromatic nitrogens is 2. The quantitative estimate of drug-likeness (QED) is 0.701. The molecule has 7 nitrogen and oxygen atoms in total. The van der Waals surface area contributed by atoms with Gasteiger partial charge in [0.25, 0.3) is 0 Å². The summed E-state index contributed by atoms with van der Waals surface area (Å²) in [5.41, 5.74) is 3.02. The molecule has 2 unspecified atom stereocenters. The number of nitrogens with zero attached hydrogens (tertiary/aromatic N) is 3. The number of sulfonamides is 1. The van der Waals surface area contributed by atoms with Crippen molar-refractivity contribution in [2.75, 3.05) is 18.4 Å². The number of nitrogens with one attached hydrogen (secondary N) is 1. The topological polar surface area (TPSA) is 92.3 Å². The Bertz CT molecular complexity index is 1100. The number of thiazole rings is 1. The average molecular weight is 420 g/mol. The van der Waals surface area contributed by atoms with Crippen LogP contribution in [0.1, 0.15) is 6.42 Å². The third-order valence-electron chi connectivity index (χ3n) is 4.71. The Hall–Kier alpha value is -2.43. The molecule has 3 heterocycles. The molecule has 1 aliphatic rings. The number of hydrogen-bond donors (Lipinski definition) is 1. The molecule has 2 atom stereocenters. The van der Waals surface area contributed by atoms with Crippen LogP contribution in [0.15, 0.2) is 53.1 Å². The lowest BCUT2D eigenvalue weighted by Gasteiger charge is -2.33. The fraction of sp³-hybridized carbons (Fsp3) is 0.278. The SMILES string of the molecule is O=C(Nc1ccc2scnc2c1)C1CCN(S(=O)(=O)c2cccnc2)CC1F. The highest BCUT2D eigenvalue weighted by atomic mass is 32.2. The number of hydrogen-bond acceptors (Lipinski definition) is 6. The molecule has 4 rings (SSSR count). The Morgan fingerprint density at radius 1 is 1.32 bits per heavy atom. The number of alkyl halides is 1. The highest BCUT2D eigenvalue weighted by molar-refractivity contribution is 7.89. The Kier molecular flexibility index (Phi) is 5.09. The van der Waals surface area contributed by atoms with Crippen LogP contribution in [0.25, 0.3) is 10.2 Å². The number of benzene rings is 1. The summed E-state index contributed by atoms with van der Waals surface area (Å²) >= 11 is 1.49. The first kappa shape index (κ1) is 18.9. The molecule has 0 aliphatic carbocycles. The van der Waals surface area contributed by atoms with Crippen LogP contribution in [0.5, 0.6) is 0 Å². The van der Waals surface area contributed by atoms with Crippen LogP contribution in [0.4, 0.5) is 10.1 Å². The lowest BCUT2D eigenvalue weighted by Crippen LogP contribution is -2.48. The van der Waals surface area contributed by atoms with E-state index in [-0.39, 0.29) is 24.4 Å². The Morgan fingerprint density at radius 3 is 2.93 bits per heavy atom. The average Bonchev–Trinajstić information content (AvgIpc) is 3.16. The molecule has 0 saturated carbocycles. The van der Waals surface area contributed by atoms with Crippen molar-refractivity contribution in [1.29, 1.82) is 0 Å². The van der Waals surface area contributed by atoms with E-state index in [0.29, 0.717) is 5.69 Å². The molecule has 2 aromatic heterocycles. The first-order chi connectivity index (χ1) is 13.4. The highest BCUT2D eigenvalue weighted by Crippen LogP contribution is 2.28. The normalized spacial score (nSPS) is 20.9. The lowest BCUT2D eigenvalue weighted by molar-refractivity contribution is -0.123. The molecular formula is C18H17FN4O3S2. The zero-order valence-electron chi connectivity index (χ0n) is 14.7. The molecule has 146 valence electrons. The maximum absolute atomic E-state index is 14.7. The first-order valence-electron chi connectivity index (χ1n) is 8.63. The fourth-order valence-electron chi connectivity index (χ4n) is 3.21. The third-order valence-corrected chi connectivity index (χ3v) is 7.37. The molecule has 1 N–H and O–H groups in total. The maximum Gasteiger partial charge on any atom is 0.244 e. The van der Waals surface area contributed by atoms with Crippen LogP contribution in [0.3, 0.4) is 0 Å². The van der Waals surface area contributed by atoms with Gasteiger partial charge >= 0.3 is 0 Å². The number of carbonyl (C=O) groups is 1. The van der Waals surface area contributed by atoms with Gasteiger partial charge in [0, 0.05) is 31.2 Å². The van der Waals surface area contributed by atoms with Gasteiger partial charge in [-0.2, -0.15) is 4.31 Å². The van der Waals surface area contributed by atoms with Crippen molar-refractivity contribution in [3.63, 3.8) is 0 Å². The van der Waals surface area contributed by atoms with E-state index in [2.05, 4.69) is 15.3 Å². The molecule has 1 aliphatic heterocycles. The summed E-state index contributed by atoms with van der Waals surface area (Å²) in [4.78, 5) is 20.5. The summed E-state index contributed by atoms with van der Waals surface area (Å²) in [5, 5.41) is 2.72. The van der Waals surface area contributed by atoms with Crippen molar-refractivity contribution in [1.82, 2.24) is 14.3 Å². The minimum Gasteiger partial charge on any atom is -0.326 e. The van der Waals surface area contributed by atoms with E-state index in [1.807, 2.05) is 6.07 Å². The summed E-state index contributed by atoms with van der Waals surface area (Å²) < 4.78 is 42.0. The Labute approximate surface area is 165 Å². The van der Waals surface area contributed by atoms with Gasteiger partial charge in [0.1, 0.15) is 11.1 Å². The number of carbonyl (C=O) groups excluding carboxylic acids is 1.